The number of rotatable bonds is 2. The fourth-order valence-electron chi connectivity index (χ4n) is 1.29. The summed E-state index contributed by atoms with van der Waals surface area (Å²) in [5, 5.41) is 0. The predicted octanol–water partition coefficient (Wildman–Crippen LogP) is 1.59. The van der Waals surface area contributed by atoms with Gasteiger partial charge in [-0.2, -0.15) is 0 Å². The second-order valence-electron chi connectivity index (χ2n) is 3.28. The molecule has 16 heavy (non-hydrogen) atoms. The van der Waals surface area contributed by atoms with Crippen LogP contribution in [0.15, 0.2) is 18.2 Å². The minimum absolute atomic E-state index is 0.175. The van der Waals surface area contributed by atoms with Crippen LogP contribution in [0.25, 0.3) is 0 Å². The van der Waals surface area contributed by atoms with Crippen LogP contribution in [0.3, 0.4) is 0 Å². The first-order chi connectivity index (χ1) is 7.70. The summed E-state index contributed by atoms with van der Waals surface area (Å²) in [6, 6.07) is 4.85. The molecule has 1 heterocycles. The van der Waals surface area contributed by atoms with E-state index in [0.29, 0.717) is 17.1 Å². The van der Waals surface area contributed by atoms with Crippen molar-refractivity contribution in [2.24, 2.45) is 0 Å². The van der Waals surface area contributed by atoms with E-state index in [1.807, 2.05) is 0 Å². The largest absolute Gasteiger partial charge is 0.454 e. The van der Waals surface area contributed by atoms with Crippen molar-refractivity contribution in [1.82, 2.24) is 0 Å². The lowest BCUT2D eigenvalue weighted by Gasteiger charge is -2.07. The molecule has 0 amide bonds. The van der Waals surface area contributed by atoms with E-state index in [-0.39, 0.29) is 6.79 Å². The Labute approximate surface area is 93.1 Å². The molecule has 82 valence electrons. The van der Waals surface area contributed by atoms with E-state index in [9.17, 15) is 4.79 Å². The predicted molar refractivity (Wildman–Crippen MR) is 56.3 cm³/mol. The van der Waals surface area contributed by atoms with E-state index >= 15 is 0 Å². The fraction of sp³-hybridized carbons (Fsp3) is 0.250. The molecule has 0 saturated heterocycles. The average Bonchev–Trinajstić information content (AvgIpc) is 2.75. The van der Waals surface area contributed by atoms with Gasteiger partial charge in [-0.1, -0.05) is 5.92 Å². The van der Waals surface area contributed by atoms with Crippen molar-refractivity contribution in [3.05, 3.63) is 23.8 Å². The van der Waals surface area contributed by atoms with E-state index < -0.39 is 12.1 Å². The van der Waals surface area contributed by atoms with Gasteiger partial charge < -0.3 is 14.2 Å². The van der Waals surface area contributed by atoms with Gasteiger partial charge in [0.1, 0.15) is 0 Å². The van der Waals surface area contributed by atoms with Crippen LogP contribution in [0.1, 0.15) is 17.3 Å². The van der Waals surface area contributed by atoms with Crippen molar-refractivity contribution in [1.29, 1.82) is 0 Å². The van der Waals surface area contributed by atoms with Gasteiger partial charge in [0.05, 0.1) is 5.56 Å². The molecule has 0 fully saturated rings. The van der Waals surface area contributed by atoms with Crippen LogP contribution >= 0.6 is 0 Å². The molecule has 0 bridgehead atoms. The van der Waals surface area contributed by atoms with Crippen LogP contribution in [-0.4, -0.2) is 18.9 Å². The molecule has 0 N–H and O–H groups in total. The zero-order chi connectivity index (χ0) is 11.5. The highest BCUT2D eigenvalue weighted by Gasteiger charge is 2.17. The number of benzene rings is 1. The van der Waals surface area contributed by atoms with Gasteiger partial charge >= 0.3 is 5.97 Å². The highest BCUT2D eigenvalue weighted by Crippen LogP contribution is 2.32. The monoisotopic (exact) mass is 218 g/mol. The molecule has 1 aromatic carbocycles. The van der Waals surface area contributed by atoms with E-state index in [1.54, 1.807) is 25.1 Å². The van der Waals surface area contributed by atoms with Crippen LogP contribution in [0, 0.1) is 12.3 Å². The Morgan fingerprint density at radius 1 is 1.50 bits per heavy atom. The van der Waals surface area contributed by atoms with Crippen molar-refractivity contribution in [2.45, 2.75) is 13.0 Å². The number of terminal acetylenes is 1. The summed E-state index contributed by atoms with van der Waals surface area (Å²) >= 11 is 0. The molecule has 1 atom stereocenters. The number of carbonyl (C=O) groups excluding carboxylic acids is 1. The number of hydrogen-bond donors (Lipinski definition) is 0. The van der Waals surface area contributed by atoms with E-state index in [0.717, 1.165) is 0 Å². The lowest BCUT2D eigenvalue weighted by molar-refractivity contribution is 0.0438. The minimum atomic E-state index is -0.544. The molecule has 1 aromatic rings. The highest BCUT2D eigenvalue weighted by atomic mass is 16.7. The fourth-order valence-corrected chi connectivity index (χ4v) is 1.29. The first-order valence-corrected chi connectivity index (χ1v) is 4.77. The molecule has 1 unspecified atom stereocenters. The third-order valence-corrected chi connectivity index (χ3v) is 2.13. The first-order valence-electron chi connectivity index (χ1n) is 4.77. The molecule has 0 aliphatic carbocycles. The van der Waals surface area contributed by atoms with Gasteiger partial charge in [-0.3, -0.25) is 0 Å². The van der Waals surface area contributed by atoms with Gasteiger partial charge in [-0.05, 0) is 25.1 Å². The molecule has 0 radical (unpaired) electrons. The van der Waals surface area contributed by atoms with E-state index in [4.69, 9.17) is 20.6 Å². The third kappa shape index (κ3) is 1.94. The molecule has 0 aromatic heterocycles. The van der Waals surface area contributed by atoms with Crippen LogP contribution in [0.5, 0.6) is 11.5 Å². The Bertz CT molecular complexity index is 459. The summed E-state index contributed by atoms with van der Waals surface area (Å²) in [6.45, 7) is 1.81. The van der Waals surface area contributed by atoms with Gasteiger partial charge in [0.25, 0.3) is 0 Å². The minimum Gasteiger partial charge on any atom is -0.454 e. The van der Waals surface area contributed by atoms with Gasteiger partial charge in [0, 0.05) is 0 Å². The standard InChI is InChI=1S/C12H10O4/c1-3-8(2)16-12(13)9-4-5-10-11(6-9)15-7-14-10/h1,4-6,8H,7H2,2H3. The van der Waals surface area contributed by atoms with E-state index in [2.05, 4.69) is 5.92 Å². The van der Waals surface area contributed by atoms with Crippen molar-refractivity contribution in [3.63, 3.8) is 0 Å². The van der Waals surface area contributed by atoms with Gasteiger partial charge in [0.2, 0.25) is 6.79 Å². The highest BCUT2D eigenvalue weighted by molar-refractivity contribution is 5.90. The summed E-state index contributed by atoms with van der Waals surface area (Å²) in [5.74, 6) is 3.02. The average molecular weight is 218 g/mol. The molecular weight excluding hydrogens is 208 g/mol. The Morgan fingerprint density at radius 3 is 3.00 bits per heavy atom. The van der Waals surface area contributed by atoms with Gasteiger partial charge in [-0.15, -0.1) is 6.42 Å². The van der Waals surface area contributed by atoms with Crippen molar-refractivity contribution in [3.8, 4) is 23.8 Å². The van der Waals surface area contributed by atoms with Gasteiger partial charge in [0.15, 0.2) is 17.6 Å². The lowest BCUT2D eigenvalue weighted by atomic mass is 10.2. The summed E-state index contributed by atoms with van der Waals surface area (Å²) < 4.78 is 15.3. The second-order valence-corrected chi connectivity index (χ2v) is 3.28. The zero-order valence-electron chi connectivity index (χ0n) is 8.73. The molecule has 0 spiro atoms. The zero-order valence-corrected chi connectivity index (χ0v) is 8.73. The maximum atomic E-state index is 11.6. The quantitative estimate of drug-likeness (QED) is 0.558. The molecule has 0 saturated carbocycles. The maximum absolute atomic E-state index is 11.6. The molecule has 1 aliphatic rings. The van der Waals surface area contributed by atoms with Crippen molar-refractivity contribution >= 4 is 5.97 Å². The Balaban J connectivity index is 2.16. The lowest BCUT2D eigenvalue weighted by Crippen LogP contribution is -2.12. The second kappa shape index (κ2) is 4.15. The molecule has 4 nitrogen and oxygen atoms in total. The normalized spacial score (nSPS) is 14.0. The number of esters is 1. The van der Waals surface area contributed by atoms with Crippen LogP contribution in [0.4, 0.5) is 0 Å². The SMILES string of the molecule is C#CC(C)OC(=O)c1ccc2c(c1)OCO2. The van der Waals surface area contributed by atoms with Crippen molar-refractivity contribution < 1.29 is 19.0 Å². The summed E-state index contributed by atoms with van der Waals surface area (Å²) in [5.41, 5.74) is 0.395. The summed E-state index contributed by atoms with van der Waals surface area (Å²) in [4.78, 5) is 11.6. The number of carbonyl (C=O) groups is 1. The Morgan fingerprint density at radius 2 is 2.25 bits per heavy atom. The topological polar surface area (TPSA) is 44.8 Å². The molecular formula is C12H10O4. The van der Waals surface area contributed by atoms with Crippen LogP contribution in [-0.2, 0) is 4.74 Å². The van der Waals surface area contributed by atoms with Crippen LogP contribution in [0.2, 0.25) is 0 Å². The number of ether oxygens (including phenoxy) is 3. The van der Waals surface area contributed by atoms with Crippen molar-refractivity contribution in [2.75, 3.05) is 6.79 Å². The Kier molecular flexibility index (Phi) is 2.69. The molecule has 2 rings (SSSR count). The van der Waals surface area contributed by atoms with Crippen LogP contribution < -0.4 is 9.47 Å². The summed E-state index contributed by atoms with van der Waals surface area (Å²) in [7, 11) is 0. The maximum Gasteiger partial charge on any atom is 0.339 e. The first kappa shape index (κ1) is 10.4. The molecule has 1 aliphatic heterocycles. The number of fused-ring (bicyclic) bond motifs is 1. The Hall–Kier alpha value is -2.15. The third-order valence-electron chi connectivity index (χ3n) is 2.13. The molecule has 4 heteroatoms. The summed E-state index contributed by atoms with van der Waals surface area (Å²) in [6.07, 6.45) is 4.57. The van der Waals surface area contributed by atoms with E-state index in [1.165, 1.54) is 0 Å². The number of hydrogen-bond acceptors (Lipinski definition) is 4. The smallest absolute Gasteiger partial charge is 0.339 e. The van der Waals surface area contributed by atoms with Gasteiger partial charge in [-0.25, -0.2) is 4.79 Å².